The monoisotopic (exact) mass is 246 g/mol. The molecule has 18 heavy (non-hydrogen) atoms. The van der Waals surface area contributed by atoms with E-state index in [-0.39, 0.29) is 0 Å². The molecule has 0 aromatic carbocycles. The van der Waals surface area contributed by atoms with Crippen molar-refractivity contribution >= 4 is 0 Å². The molecule has 0 unspecified atom stereocenters. The van der Waals surface area contributed by atoms with E-state index >= 15 is 0 Å². The van der Waals surface area contributed by atoms with E-state index in [2.05, 4.69) is 42.4 Å². The highest BCUT2D eigenvalue weighted by Crippen LogP contribution is 2.32. The molecule has 0 radical (unpaired) electrons. The van der Waals surface area contributed by atoms with Crippen LogP contribution in [0.5, 0.6) is 0 Å². The molecule has 0 atom stereocenters. The molecule has 2 aliphatic rings. The zero-order chi connectivity index (χ0) is 13.0. The SMILES string of the molecule is C=C/C=C\C=C(/C)N1CC(C)(N2CCCCC2)C1. The van der Waals surface area contributed by atoms with Gasteiger partial charge in [0, 0.05) is 18.8 Å². The molecule has 2 rings (SSSR count). The zero-order valence-corrected chi connectivity index (χ0v) is 11.9. The van der Waals surface area contributed by atoms with E-state index in [1.165, 1.54) is 51.1 Å². The smallest absolute Gasteiger partial charge is 0.0531 e. The van der Waals surface area contributed by atoms with Crippen molar-refractivity contribution < 1.29 is 0 Å². The first-order valence-electron chi connectivity index (χ1n) is 7.12. The van der Waals surface area contributed by atoms with Gasteiger partial charge in [0.25, 0.3) is 0 Å². The van der Waals surface area contributed by atoms with Gasteiger partial charge in [-0.25, -0.2) is 0 Å². The average molecular weight is 246 g/mol. The predicted molar refractivity (Wildman–Crippen MR) is 78.5 cm³/mol. The minimum absolute atomic E-state index is 0.414. The number of hydrogen-bond acceptors (Lipinski definition) is 2. The third-order valence-corrected chi connectivity index (χ3v) is 4.27. The summed E-state index contributed by atoms with van der Waals surface area (Å²) in [5.74, 6) is 0. The summed E-state index contributed by atoms with van der Waals surface area (Å²) in [7, 11) is 0. The van der Waals surface area contributed by atoms with Crippen LogP contribution in [0.1, 0.15) is 33.1 Å². The van der Waals surface area contributed by atoms with Crippen molar-refractivity contribution in [2.45, 2.75) is 38.6 Å². The van der Waals surface area contributed by atoms with Gasteiger partial charge in [-0.3, -0.25) is 4.90 Å². The summed E-state index contributed by atoms with van der Waals surface area (Å²) < 4.78 is 0. The number of nitrogens with zero attached hydrogens (tertiary/aromatic N) is 2. The van der Waals surface area contributed by atoms with Gasteiger partial charge in [0.05, 0.1) is 5.54 Å². The maximum atomic E-state index is 3.68. The van der Waals surface area contributed by atoms with Crippen LogP contribution >= 0.6 is 0 Å². The minimum Gasteiger partial charge on any atom is -0.371 e. The average Bonchev–Trinajstić information content (AvgIpc) is 2.36. The Morgan fingerprint density at radius 3 is 2.39 bits per heavy atom. The van der Waals surface area contributed by atoms with Gasteiger partial charge in [0.15, 0.2) is 0 Å². The molecule has 0 saturated carbocycles. The molecule has 0 N–H and O–H groups in total. The molecule has 2 nitrogen and oxygen atoms in total. The fourth-order valence-corrected chi connectivity index (χ4v) is 3.04. The van der Waals surface area contributed by atoms with Crippen LogP contribution < -0.4 is 0 Å². The normalized spacial score (nSPS) is 25.2. The number of hydrogen-bond donors (Lipinski definition) is 0. The first-order valence-corrected chi connectivity index (χ1v) is 7.12. The second-order valence-electron chi connectivity index (χ2n) is 5.83. The van der Waals surface area contributed by atoms with Crippen LogP contribution in [0.25, 0.3) is 0 Å². The largest absolute Gasteiger partial charge is 0.371 e. The van der Waals surface area contributed by atoms with Crippen molar-refractivity contribution in [1.82, 2.24) is 9.80 Å². The highest BCUT2D eigenvalue weighted by atomic mass is 15.3. The van der Waals surface area contributed by atoms with Crippen LogP contribution in [0, 0.1) is 0 Å². The molecule has 0 amide bonds. The summed E-state index contributed by atoms with van der Waals surface area (Å²) in [4.78, 5) is 5.17. The van der Waals surface area contributed by atoms with Gasteiger partial charge in [0.1, 0.15) is 0 Å². The highest BCUT2D eigenvalue weighted by molar-refractivity contribution is 5.18. The second kappa shape index (κ2) is 5.75. The Labute approximate surface area is 112 Å². The van der Waals surface area contributed by atoms with Crippen molar-refractivity contribution in [1.29, 1.82) is 0 Å². The molecule has 2 heteroatoms. The lowest BCUT2D eigenvalue weighted by Gasteiger charge is -2.56. The Balaban J connectivity index is 1.86. The van der Waals surface area contributed by atoms with Crippen molar-refractivity contribution in [3.63, 3.8) is 0 Å². The summed E-state index contributed by atoms with van der Waals surface area (Å²) in [6.45, 7) is 13.2. The summed E-state index contributed by atoms with van der Waals surface area (Å²) in [5.41, 5.74) is 1.78. The Bertz CT molecular complexity index is 342. The Morgan fingerprint density at radius 1 is 1.11 bits per heavy atom. The van der Waals surface area contributed by atoms with Crippen LogP contribution in [-0.2, 0) is 0 Å². The molecular weight excluding hydrogens is 220 g/mol. The van der Waals surface area contributed by atoms with Gasteiger partial charge in [-0.1, -0.05) is 31.2 Å². The van der Waals surface area contributed by atoms with Crippen molar-refractivity contribution in [2.75, 3.05) is 26.2 Å². The second-order valence-corrected chi connectivity index (χ2v) is 5.83. The molecule has 0 aromatic heterocycles. The van der Waals surface area contributed by atoms with Gasteiger partial charge in [-0.15, -0.1) is 0 Å². The van der Waals surface area contributed by atoms with E-state index in [0.717, 1.165) is 0 Å². The van der Waals surface area contributed by atoms with Crippen LogP contribution in [0.3, 0.4) is 0 Å². The highest BCUT2D eigenvalue weighted by Gasteiger charge is 2.43. The van der Waals surface area contributed by atoms with Gasteiger partial charge in [-0.05, 0) is 45.9 Å². The van der Waals surface area contributed by atoms with Gasteiger partial charge < -0.3 is 4.90 Å². The molecule has 2 aliphatic heterocycles. The fraction of sp³-hybridized carbons (Fsp3) is 0.625. The third-order valence-electron chi connectivity index (χ3n) is 4.27. The maximum Gasteiger partial charge on any atom is 0.0531 e. The molecular formula is C16H26N2. The molecule has 0 spiro atoms. The third kappa shape index (κ3) is 2.86. The summed E-state index contributed by atoms with van der Waals surface area (Å²) in [6.07, 6.45) is 12.2. The summed E-state index contributed by atoms with van der Waals surface area (Å²) in [6, 6.07) is 0. The maximum absolute atomic E-state index is 3.68. The summed E-state index contributed by atoms with van der Waals surface area (Å²) >= 11 is 0. The molecule has 100 valence electrons. The quantitative estimate of drug-likeness (QED) is 0.703. The Hall–Kier alpha value is -1.02. The molecule has 0 aliphatic carbocycles. The first-order chi connectivity index (χ1) is 8.65. The predicted octanol–water partition coefficient (Wildman–Crippen LogP) is 3.19. The van der Waals surface area contributed by atoms with E-state index in [1.807, 2.05) is 12.2 Å². The van der Waals surface area contributed by atoms with Crippen molar-refractivity contribution in [3.8, 4) is 0 Å². The van der Waals surface area contributed by atoms with Crippen LogP contribution in [0.4, 0.5) is 0 Å². The van der Waals surface area contributed by atoms with Crippen LogP contribution in [-0.4, -0.2) is 41.5 Å². The van der Waals surface area contributed by atoms with E-state index < -0.39 is 0 Å². The minimum atomic E-state index is 0.414. The van der Waals surface area contributed by atoms with E-state index in [0.29, 0.717) is 5.54 Å². The lowest BCUT2D eigenvalue weighted by Crippen LogP contribution is -2.68. The molecule has 2 saturated heterocycles. The van der Waals surface area contributed by atoms with Crippen LogP contribution in [0.15, 0.2) is 36.6 Å². The topological polar surface area (TPSA) is 6.48 Å². The number of likely N-dealkylation sites (tertiary alicyclic amines) is 2. The number of piperidine rings is 1. The molecule has 0 bridgehead atoms. The van der Waals surface area contributed by atoms with Gasteiger partial charge in [-0.2, -0.15) is 0 Å². The van der Waals surface area contributed by atoms with Crippen molar-refractivity contribution in [3.05, 3.63) is 36.6 Å². The van der Waals surface area contributed by atoms with Gasteiger partial charge >= 0.3 is 0 Å². The Morgan fingerprint density at radius 2 is 1.78 bits per heavy atom. The van der Waals surface area contributed by atoms with Gasteiger partial charge in [0.2, 0.25) is 0 Å². The summed E-state index contributed by atoms with van der Waals surface area (Å²) in [5, 5.41) is 0. The molecule has 0 aromatic rings. The molecule has 2 heterocycles. The fourth-order valence-electron chi connectivity index (χ4n) is 3.04. The number of rotatable bonds is 4. The number of allylic oxidation sites excluding steroid dienone is 5. The van der Waals surface area contributed by atoms with E-state index in [9.17, 15) is 0 Å². The Kier molecular flexibility index (Phi) is 4.28. The molecule has 2 fully saturated rings. The van der Waals surface area contributed by atoms with Crippen molar-refractivity contribution in [2.24, 2.45) is 0 Å². The lowest BCUT2D eigenvalue weighted by atomic mass is 9.87. The van der Waals surface area contributed by atoms with E-state index in [4.69, 9.17) is 0 Å². The lowest BCUT2D eigenvalue weighted by molar-refractivity contribution is -0.0334. The zero-order valence-electron chi connectivity index (χ0n) is 11.9. The standard InChI is InChI=1S/C16H26N2/c1-4-5-7-10-15(2)17-13-16(3,14-17)18-11-8-6-9-12-18/h4-5,7,10H,1,6,8-9,11-14H2,2-3H3/b7-5-,15-10+. The first kappa shape index (κ1) is 13.4. The van der Waals surface area contributed by atoms with Crippen LogP contribution in [0.2, 0.25) is 0 Å². The van der Waals surface area contributed by atoms with E-state index in [1.54, 1.807) is 0 Å².